The van der Waals surface area contributed by atoms with Crippen molar-refractivity contribution in [3.63, 3.8) is 0 Å². The molecule has 0 saturated heterocycles. The standard InChI is InChI=1S/C22H21N3O4/c1-16-4-6-18(7-5-16)15-29-19-10-8-17(9-11-19)13-24-25-22(27)21(26)23-14-20-3-2-12-28-20/h2-13H,14-15H2,1H3,(H,23,26)(H,25,27)/b24-13-. The second-order valence-corrected chi connectivity index (χ2v) is 6.30. The molecule has 1 heterocycles. The first-order valence-corrected chi connectivity index (χ1v) is 9.02. The quantitative estimate of drug-likeness (QED) is 0.368. The highest BCUT2D eigenvalue weighted by Gasteiger charge is 2.12. The van der Waals surface area contributed by atoms with Gasteiger partial charge in [0.15, 0.2) is 0 Å². The first-order chi connectivity index (χ1) is 14.1. The number of ether oxygens (including phenoxy) is 1. The van der Waals surface area contributed by atoms with E-state index in [1.54, 1.807) is 24.3 Å². The molecule has 0 aliphatic heterocycles. The molecule has 0 fully saturated rings. The molecule has 2 aromatic carbocycles. The molecule has 0 aliphatic rings. The van der Waals surface area contributed by atoms with E-state index in [-0.39, 0.29) is 6.54 Å². The predicted molar refractivity (Wildman–Crippen MR) is 108 cm³/mol. The van der Waals surface area contributed by atoms with E-state index in [1.165, 1.54) is 18.0 Å². The number of amides is 2. The van der Waals surface area contributed by atoms with Gasteiger partial charge in [-0.25, -0.2) is 5.43 Å². The van der Waals surface area contributed by atoms with E-state index in [9.17, 15) is 9.59 Å². The van der Waals surface area contributed by atoms with Crippen molar-refractivity contribution in [1.29, 1.82) is 0 Å². The number of furan rings is 1. The molecule has 3 rings (SSSR count). The normalized spacial score (nSPS) is 10.7. The second kappa shape index (κ2) is 9.89. The average molecular weight is 391 g/mol. The maximum atomic E-state index is 11.7. The Labute approximate surface area is 168 Å². The van der Waals surface area contributed by atoms with Gasteiger partial charge in [-0.05, 0) is 54.4 Å². The molecule has 0 unspecified atom stereocenters. The van der Waals surface area contributed by atoms with Crippen molar-refractivity contribution >= 4 is 18.0 Å². The van der Waals surface area contributed by atoms with Gasteiger partial charge < -0.3 is 14.5 Å². The van der Waals surface area contributed by atoms with Crippen LogP contribution in [0.4, 0.5) is 0 Å². The summed E-state index contributed by atoms with van der Waals surface area (Å²) in [5.74, 6) is -0.368. The van der Waals surface area contributed by atoms with Crippen molar-refractivity contribution in [2.45, 2.75) is 20.1 Å². The molecule has 2 N–H and O–H groups in total. The van der Waals surface area contributed by atoms with Crippen LogP contribution in [0.1, 0.15) is 22.5 Å². The molecule has 29 heavy (non-hydrogen) atoms. The fourth-order valence-electron chi connectivity index (χ4n) is 2.38. The van der Waals surface area contributed by atoms with Crippen molar-refractivity contribution in [3.05, 3.63) is 89.4 Å². The fourth-order valence-corrected chi connectivity index (χ4v) is 2.38. The number of nitrogens with zero attached hydrogens (tertiary/aromatic N) is 1. The zero-order valence-electron chi connectivity index (χ0n) is 15.9. The summed E-state index contributed by atoms with van der Waals surface area (Å²) in [6.07, 6.45) is 2.94. The monoisotopic (exact) mass is 391 g/mol. The lowest BCUT2D eigenvalue weighted by molar-refractivity contribution is -0.139. The van der Waals surface area contributed by atoms with Gasteiger partial charge in [-0.3, -0.25) is 9.59 Å². The summed E-state index contributed by atoms with van der Waals surface area (Å²) in [4.78, 5) is 23.4. The summed E-state index contributed by atoms with van der Waals surface area (Å²) in [6.45, 7) is 2.66. The van der Waals surface area contributed by atoms with Gasteiger partial charge in [0.1, 0.15) is 18.1 Å². The topological polar surface area (TPSA) is 92.9 Å². The minimum Gasteiger partial charge on any atom is -0.489 e. The van der Waals surface area contributed by atoms with Crippen LogP contribution in [0.5, 0.6) is 5.75 Å². The van der Waals surface area contributed by atoms with Crippen molar-refractivity contribution < 1.29 is 18.7 Å². The number of aryl methyl sites for hydroxylation is 1. The van der Waals surface area contributed by atoms with E-state index in [0.717, 1.165) is 16.9 Å². The summed E-state index contributed by atoms with van der Waals surface area (Å²) < 4.78 is 10.8. The van der Waals surface area contributed by atoms with E-state index in [1.807, 2.05) is 43.3 Å². The number of nitrogens with one attached hydrogen (secondary N) is 2. The van der Waals surface area contributed by atoms with Crippen molar-refractivity contribution in [2.24, 2.45) is 5.10 Å². The third-order valence-electron chi connectivity index (χ3n) is 4.00. The van der Waals surface area contributed by atoms with Crippen LogP contribution in [-0.4, -0.2) is 18.0 Å². The van der Waals surface area contributed by atoms with Crippen molar-refractivity contribution in [1.82, 2.24) is 10.7 Å². The van der Waals surface area contributed by atoms with Gasteiger partial charge in [-0.1, -0.05) is 29.8 Å². The van der Waals surface area contributed by atoms with E-state index >= 15 is 0 Å². The van der Waals surface area contributed by atoms with Gasteiger partial charge in [0.25, 0.3) is 0 Å². The number of carbonyl (C=O) groups is 2. The molecule has 1 aromatic heterocycles. The molecule has 3 aromatic rings. The highest BCUT2D eigenvalue weighted by molar-refractivity contribution is 6.35. The van der Waals surface area contributed by atoms with Gasteiger partial charge in [-0.15, -0.1) is 0 Å². The fraction of sp³-hybridized carbons (Fsp3) is 0.136. The van der Waals surface area contributed by atoms with Crippen LogP contribution in [0.25, 0.3) is 0 Å². The predicted octanol–water partition coefficient (Wildman–Crippen LogP) is 2.93. The number of hydrazone groups is 1. The SMILES string of the molecule is Cc1ccc(COc2ccc(/C=N\NC(=O)C(=O)NCc3ccco3)cc2)cc1. The van der Waals surface area contributed by atoms with E-state index < -0.39 is 11.8 Å². The Hall–Kier alpha value is -3.87. The minimum atomic E-state index is -0.856. The molecule has 0 atom stereocenters. The maximum Gasteiger partial charge on any atom is 0.329 e. The first kappa shape index (κ1) is 19.9. The summed E-state index contributed by atoms with van der Waals surface area (Å²) >= 11 is 0. The van der Waals surface area contributed by atoms with E-state index in [4.69, 9.17) is 9.15 Å². The Morgan fingerprint density at radius 1 is 1.03 bits per heavy atom. The van der Waals surface area contributed by atoms with Crippen LogP contribution in [0, 0.1) is 6.92 Å². The summed E-state index contributed by atoms with van der Waals surface area (Å²) in [5.41, 5.74) is 5.24. The molecule has 0 radical (unpaired) electrons. The van der Waals surface area contributed by atoms with Crippen LogP contribution in [0.3, 0.4) is 0 Å². The lowest BCUT2D eigenvalue weighted by atomic mass is 10.2. The summed E-state index contributed by atoms with van der Waals surface area (Å²) in [7, 11) is 0. The number of benzene rings is 2. The van der Waals surface area contributed by atoms with Gasteiger partial charge in [0.2, 0.25) is 0 Å². The Morgan fingerprint density at radius 2 is 1.79 bits per heavy atom. The molecule has 0 aliphatic carbocycles. The van der Waals surface area contributed by atoms with Gasteiger partial charge in [0.05, 0.1) is 19.0 Å². The second-order valence-electron chi connectivity index (χ2n) is 6.30. The molecule has 0 bridgehead atoms. The molecular formula is C22H21N3O4. The molecule has 7 nitrogen and oxygen atoms in total. The zero-order chi connectivity index (χ0) is 20.5. The van der Waals surface area contributed by atoms with Crippen LogP contribution in [0.2, 0.25) is 0 Å². The molecule has 148 valence electrons. The molecule has 2 amide bonds. The lowest BCUT2D eigenvalue weighted by Gasteiger charge is -2.07. The van der Waals surface area contributed by atoms with Crippen LogP contribution < -0.4 is 15.5 Å². The number of rotatable bonds is 7. The summed E-state index contributed by atoms with van der Waals surface area (Å²) in [5, 5.41) is 6.23. The zero-order valence-corrected chi connectivity index (χ0v) is 15.9. The lowest BCUT2D eigenvalue weighted by Crippen LogP contribution is -2.37. The number of carbonyl (C=O) groups excluding carboxylic acids is 2. The highest BCUT2D eigenvalue weighted by Crippen LogP contribution is 2.14. The minimum absolute atomic E-state index is 0.132. The van der Waals surface area contributed by atoms with Gasteiger partial charge in [0, 0.05) is 0 Å². The Bertz CT molecular complexity index is 962. The Balaban J connectivity index is 1.42. The number of hydrogen-bond acceptors (Lipinski definition) is 5. The Kier molecular flexibility index (Phi) is 6.78. The first-order valence-electron chi connectivity index (χ1n) is 9.02. The van der Waals surface area contributed by atoms with Gasteiger partial charge >= 0.3 is 11.8 Å². The van der Waals surface area contributed by atoms with Crippen molar-refractivity contribution in [3.8, 4) is 5.75 Å². The highest BCUT2D eigenvalue weighted by atomic mass is 16.5. The Morgan fingerprint density at radius 3 is 2.48 bits per heavy atom. The van der Waals surface area contributed by atoms with Crippen LogP contribution in [0.15, 0.2) is 76.4 Å². The van der Waals surface area contributed by atoms with Crippen LogP contribution >= 0.6 is 0 Å². The largest absolute Gasteiger partial charge is 0.489 e. The average Bonchev–Trinajstić information content (AvgIpc) is 3.26. The van der Waals surface area contributed by atoms with Gasteiger partial charge in [-0.2, -0.15) is 5.10 Å². The third kappa shape index (κ3) is 6.35. The molecule has 7 heteroatoms. The summed E-state index contributed by atoms with van der Waals surface area (Å²) in [6, 6.07) is 18.8. The number of hydrogen-bond donors (Lipinski definition) is 2. The van der Waals surface area contributed by atoms with Crippen LogP contribution in [-0.2, 0) is 22.7 Å². The maximum absolute atomic E-state index is 11.7. The van der Waals surface area contributed by atoms with E-state index in [2.05, 4.69) is 15.8 Å². The molecular weight excluding hydrogens is 370 g/mol. The third-order valence-corrected chi connectivity index (χ3v) is 4.00. The molecule has 0 saturated carbocycles. The van der Waals surface area contributed by atoms with E-state index in [0.29, 0.717) is 12.4 Å². The smallest absolute Gasteiger partial charge is 0.329 e. The van der Waals surface area contributed by atoms with Crippen molar-refractivity contribution in [2.75, 3.05) is 0 Å². The molecule has 0 spiro atoms.